The Balaban J connectivity index is 1.61. The second kappa shape index (κ2) is 11.5. The van der Waals surface area contributed by atoms with Crippen molar-refractivity contribution in [1.82, 2.24) is 10.2 Å². The van der Waals surface area contributed by atoms with Crippen LogP contribution in [0.1, 0.15) is 34.4 Å². The van der Waals surface area contributed by atoms with Gasteiger partial charge in [-0.05, 0) is 42.8 Å². The van der Waals surface area contributed by atoms with Crippen molar-refractivity contribution < 1.29 is 42.3 Å². The van der Waals surface area contributed by atoms with Crippen molar-refractivity contribution in [2.24, 2.45) is 0 Å². The Hall–Kier alpha value is -5.20. The van der Waals surface area contributed by atoms with Crippen molar-refractivity contribution in [3.05, 3.63) is 92.8 Å². The molecule has 1 aromatic heterocycles. The number of hydrogen-bond acceptors (Lipinski definition) is 9. The van der Waals surface area contributed by atoms with Crippen molar-refractivity contribution in [1.29, 1.82) is 0 Å². The molecule has 1 aliphatic rings. The fraction of sp³-hybridized carbons (Fsp3) is 0.192. The van der Waals surface area contributed by atoms with Crippen LogP contribution in [0, 0.1) is 15.9 Å². The molecule has 0 aliphatic carbocycles. The number of nitrogens with one attached hydrogen (secondary N) is 1. The molecule has 2 aromatic carbocycles. The summed E-state index contributed by atoms with van der Waals surface area (Å²) < 4.78 is 35.1. The van der Waals surface area contributed by atoms with Crippen molar-refractivity contribution in [3.8, 4) is 11.5 Å². The standard InChI is InChI=1S/C26H22FN3O9/c1-3-37-22-12-15(11-20(30(34)35)23(22)38-14-16-6-4-5-7-18(16)27)10-19-24(31)29(26(33)28-19)13-17-8-9-21(39-17)25(32)36-2/h4-12H,3,13-14H2,1-2H3,(H,28,33)/b19-10-. The van der Waals surface area contributed by atoms with Crippen LogP contribution in [0.5, 0.6) is 11.5 Å². The summed E-state index contributed by atoms with van der Waals surface area (Å²) in [4.78, 5) is 49.0. The second-order valence-electron chi connectivity index (χ2n) is 8.07. The number of amides is 3. The molecule has 3 aromatic rings. The molecular formula is C26H22FN3O9. The largest absolute Gasteiger partial charge is 0.490 e. The summed E-state index contributed by atoms with van der Waals surface area (Å²) in [6, 6.07) is 10.4. The minimum absolute atomic E-state index is 0.00515. The van der Waals surface area contributed by atoms with Gasteiger partial charge in [-0.25, -0.2) is 14.0 Å². The number of nitro groups is 1. The average Bonchev–Trinajstić information content (AvgIpc) is 3.48. The van der Waals surface area contributed by atoms with Crippen LogP contribution in [0.3, 0.4) is 0 Å². The molecule has 1 fully saturated rings. The summed E-state index contributed by atoms with van der Waals surface area (Å²) in [6.07, 6.45) is 1.25. The zero-order valence-corrected chi connectivity index (χ0v) is 20.8. The van der Waals surface area contributed by atoms with Gasteiger partial charge in [0.05, 0.1) is 25.2 Å². The Kier molecular flexibility index (Phi) is 7.89. The maximum Gasteiger partial charge on any atom is 0.373 e. The minimum atomic E-state index is -0.758. The van der Waals surface area contributed by atoms with Gasteiger partial charge in [-0.1, -0.05) is 18.2 Å². The number of rotatable bonds is 10. The average molecular weight is 539 g/mol. The smallest absolute Gasteiger partial charge is 0.373 e. The maximum atomic E-state index is 14.0. The quantitative estimate of drug-likeness (QED) is 0.132. The molecule has 0 saturated carbocycles. The van der Waals surface area contributed by atoms with Gasteiger partial charge in [-0.2, -0.15) is 0 Å². The van der Waals surface area contributed by atoms with Crippen LogP contribution >= 0.6 is 0 Å². The van der Waals surface area contributed by atoms with Gasteiger partial charge in [0.25, 0.3) is 5.91 Å². The molecule has 39 heavy (non-hydrogen) atoms. The molecule has 12 nitrogen and oxygen atoms in total. The third-order valence-corrected chi connectivity index (χ3v) is 5.52. The van der Waals surface area contributed by atoms with Crippen LogP contribution in [0.4, 0.5) is 14.9 Å². The van der Waals surface area contributed by atoms with Gasteiger partial charge in [0.2, 0.25) is 11.5 Å². The topological polar surface area (TPSA) is 150 Å². The molecule has 202 valence electrons. The van der Waals surface area contributed by atoms with Crippen LogP contribution < -0.4 is 14.8 Å². The Bertz CT molecular complexity index is 1480. The molecule has 0 unspecified atom stereocenters. The predicted octanol–water partition coefficient (Wildman–Crippen LogP) is 4.18. The van der Waals surface area contributed by atoms with Crippen molar-refractivity contribution in [2.75, 3.05) is 13.7 Å². The Morgan fingerprint density at radius 3 is 2.64 bits per heavy atom. The van der Waals surface area contributed by atoms with Crippen molar-refractivity contribution in [2.45, 2.75) is 20.1 Å². The number of hydrogen-bond donors (Lipinski definition) is 1. The van der Waals surface area contributed by atoms with Crippen molar-refractivity contribution >= 4 is 29.7 Å². The van der Waals surface area contributed by atoms with E-state index < -0.39 is 34.3 Å². The van der Waals surface area contributed by atoms with Crippen LogP contribution in [0.2, 0.25) is 0 Å². The lowest BCUT2D eigenvalue weighted by Crippen LogP contribution is -2.30. The number of carbonyl (C=O) groups is 3. The highest BCUT2D eigenvalue weighted by atomic mass is 19.1. The summed E-state index contributed by atoms with van der Waals surface area (Å²) in [5, 5.41) is 14.3. The monoisotopic (exact) mass is 539 g/mol. The Morgan fingerprint density at radius 2 is 1.95 bits per heavy atom. The molecule has 2 heterocycles. The van der Waals surface area contributed by atoms with Crippen LogP contribution in [0.15, 0.2) is 58.6 Å². The maximum absolute atomic E-state index is 14.0. The first-order valence-corrected chi connectivity index (χ1v) is 11.5. The third-order valence-electron chi connectivity index (χ3n) is 5.52. The number of urea groups is 1. The van der Waals surface area contributed by atoms with E-state index in [0.29, 0.717) is 0 Å². The SMILES string of the molecule is CCOc1cc(/C=C2\NC(=O)N(Cc3ccc(C(=O)OC)o3)C2=O)cc([N+](=O)[O-])c1OCc1ccccc1F. The Morgan fingerprint density at radius 1 is 1.18 bits per heavy atom. The fourth-order valence-electron chi connectivity index (χ4n) is 3.71. The summed E-state index contributed by atoms with van der Waals surface area (Å²) in [5.74, 6) is -2.13. The molecule has 1 saturated heterocycles. The molecule has 0 bridgehead atoms. The minimum Gasteiger partial charge on any atom is -0.490 e. The van der Waals surface area contributed by atoms with Gasteiger partial charge in [-0.3, -0.25) is 19.8 Å². The van der Waals surface area contributed by atoms with Crippen LogP contribution in [-0.4, -0.2) is 41.4 Å². The number of ether oxygens (including phenoxy) is 3. The van der Waals surface area contributed by atoms with E-state index in [1.54, 1.807) is 13.0 Å². The second-order valence-corrected chi connectivity index (χ2v) is 8.07. The summed E-state index contributed by atoms with van der Waals surface area (Å²) >= 11 is 0. The molecule has 1 N–H and O–H groups in total. The molecule has 0 radical (unpaired) electrons. The van der Waals surface area contributed by atoms with E-state index in [0.717, 1.165) is 11.0 Å². The van der Waals surface area contributed by atoms with Gasteiger partial charge < -0.3 is 23.9 Å². The Labute approximate surface area is 220 Å². The number of imide groups is 1. The van der Waals surface area contributed by atoms with E-state index in [-0.39, 0.29) is 59.6 Å². The lowest BCUT2D eigenvalue weighted by atomic mass is 10.1. The number of benzene rings is 2. The molecule has 4 rings (SSSR count). The molecule has 13 heteroatoms. The summed E-state index contributed by atoms with van der Waals surface area (Å²) in [6.45, 7) is 1.23. The molecule has 0 spiro atoms. The highest BCUT2D eigenvalue weighted by Gasteiger charge is 2.35. The number of nitrogens with zero attached hydrogens (tertiary/aromatic N) is 2. The first kappa shape index (κ1) is 26.9. The van der Waals surface area contributed by atoms with E-state index in [1.165, 1.54) is 49.6 Å². The lowest BCUT2D eigenvalue weighted by molar-refractivity contribution is -0.386. The van der Waals surface area contributed by atoms with E-state index in [4.69, 9.17) is 13.9 Å². The summed E-state index contributed by atoms with van der Waals surface area (Å²) in [5.41, 5.74) is -0.282. The fourth-order valence-corrected chi connectivity index (χ4v) is 3.71. The van der Waals surface area contributed by atoms with Gasteiger partial charge in [0.15, 0.2) is 5.75 Å². The van der Waals surface area contributed by atoms with Gasteiger partial charge in [0.1, 0.15) is 23.9 Å². The number of esters is 1. The van der Waals surface area contributed by atoms with E-state index >= 15 is 0 Å². The van der Waals surface area contributed by atoms with E-state index in [9.17, 15) is 28.9 Å². The van der Waals surface area contributed by atoms with Crippen LogP contribution in [-0.2, 0) is 22.7 Å². The third kappa shape index (κ3) is 5.87. The van der Waals surface area contributed by atoms with Gasteiger partial charge in [0, 0.05) is 11.6 Å². The number of methoxy groups -OCH3 is 1. The van der Waals surface area contributed by atoms with Crippen LogP contribution in [0.25, 0.3) is 6.08 Å². The summed E-state index contributed by atoms with van der Waals surface area (Å²) in [7, 11) is 1.18. The number of nitro benzene ring substituents is 1. The van der Waals surface area contributed by atoms with Gasteiger partial charge >= 0.3 is 17.7 Å². The highest BCUT2D eigenvalue weighted by Crippen LogP contribution is 2.40. The number of halogens is 1. The first-order chi connectivity index (χ1) is 18.7. The number of furan rings is 1. The highest BCUT2D eigenvalue weighted by molar-refractivity contribution is 6.13. The van der Waals surface area contributed by atoms with Gasteiger partial charge in [-0.15, -0.1) is 0 Å². The molecule has 1 aliphatic heterocycles. The van der Waals surface area contributed by atoms with Crippen molar-refractivity contribution in [3.63, 3.8) is 0 Å². The molecular weight excluding hydrogens is 517 g/mol. The lowest BCUT2D eigenvalue weighted by Gasteiger charge is -2.14. The normalized spacial score (nSPS) is 13.9. The van der Waals surface area contributed by atoms with E-state index in [2.05, 4.69) is 10.1 Å². The molecule has 0 atom stereocenters. The first-order valence-electron chi connectivity index (χ1n) is 11.5. The molecule has 3 amide bonds. The van der Waals surface area contributed by atoms with E-state index in [1.807, 2.05) is 0 Å². The zero-order chi connectivity index (χ0) is 28.1. The zero-order valence-electron chi connectivity index (χ0n) is 20.8. The number of carbonyl (C=O) groups excluding carboxylic acids is 3. The predicted molar refractivity (Wildman–Crippen MR) is 132 cm³/mol.